The smallest absolute Gasteiger partial charge is 0.0857 e. The molecule has 0 aliphatic carbocycles. The molecule has 0 aromatic carbocycles. The lowest BCUT2D eigenvalue weighted by Crippen LogP contribution is -1.94. The number of hydrogen-bond acceptors (Lipinski definition) is 3. The third-order valence-electron chi connectivity index (χ3n) is 1.54. The van der Waals surface area contributed by atoms with Crippen molar-refractivity contribution in [1.29, 1.82) is 10.5 Å². The Labute approximate surface area is 70.9 Å². The van der Waals surface area contributed by atoms with Gasteiger partial charge in [0.05, 0.1) is 24.5 Å². The fourth-order valence-corrected chi connectivity index (χ4v) is 0.911. The molecule has 12 heavy (non-hydrogen) atoms. The van der Waals surface area contributed by atoms with Crippen molar-refractivity contribution in [2.75, 3.05) is 0 Å². The lowest BCUT2D eigenvalue weighted by atomic mass is 10.0. The number of pyridine rings is 1. The van der Waals surface area contributed by atoms with Crippen molar-refractivity contribution in [3.05, 3.63) is 30.1 Å². The minimum atomic E-state index is -0.344. The van der Waals surface area contributed by atoms with E-state index in [1.54, 1.807) is 24.5 Å². The molecule has 0 spiro atoms. The van der Waals surface area contributed by atoms with Crippen molar-refractivity contribution in [3.63, 3.8) is 0 Å². The molecule has 1 unspecified atom stereocenters. The van der Waals surface area contributed by atoms with Crippen LogP contribution >= 0.6 is 0 Å². The van der Waals surface area contributed by atoms with Gasteiger partial charge in [0, 0.05) is 12.4 Å². The second-order valence-corrected chi connectivity index (χ2v) is 2.33. The molecule has 1 rings (SSSR count). The van der Waals surface area contributed by atoms with Crippen LogP contribution in [0.3, 0.4) is 0 Å². The van der Waals surface area contributed by atoms with Crippen LogP contribution in [0.4, 0.5) is 0 Å². The Kier molecular flexibility index (Phi) is 2.81. The van der Waals surface area contributed by atoms with E-state index in [2.05, 4.69) is 11.1 Å². The van der Waals surface area contributed by atoms with Crippen LogP contribution in [0.15, 0.2) is 24.5 Å². The first-order chi connectivity index (χ1) is 5.88. The maximum atomic E-state index is 8.68. The summed E-state index contributed by atoms with van der Waals surface area (Å²) < 4.78 is 0. The molecule has 0 aliphatic heterocycles. The molecule has 0 radical (unpaired) electrons. The van der Waals surface area contributed by atoms with Crippen LogP contribution in [0.2, 0.25) is 0 Å². The van der Waals surface area contributed by atoms with Gasteiger partial charge in [-0.3, -0.25) is 4.98 Å². The van der Waals surface area contributed by atoms with E-state index in [4.69, 9.17) is 10.5 Å². The SMILES string of the molecule is N#CCC(C#N)c1cccnc1. The predicted molar refractivity (Wildman–Crippen MR) is 42.8 cm³/mol. The number of hydrogen-bond donors (Lipinski definition) is 0. The number of nitrogens with zero attached hydrogens (tertiary/aromatic N) is 3. The Morgan fingerprint density at radius 1 is 1.50 bits per heavy atom. The first kappa shape index (κ1) is 8.23. The molecule has 1 heterocycles. The number of nitriles is 2. The maximum Gasteiger partial charge on any atom is 0.0857 e. The molecule has 0 fully saturated rings. The van der Waals surface area contributed by atoms with E-state index in [9.17, 15) is 0 Å². The molecule has 3 heteroatoms. The lowest BCUT2D eigenvalue weighted by molar-refractivity contribution is 0.878. The van der Waals surface area contributed by atoms with E-state index in [0.717, 1.165) is 5.56 Å². The van der Waals surface area contributed by atoms with Crippen LogP contribution in [0, 0.1) is 22.7 Å². The lowest BCUT2D eigenvalue weighted by Gasteiger charge is -2.01. The van der Waals surface area contributed by atoms with Gasteiger partial charge in [0.2, 0.25) is 0 Å². The van der Waals surface area contributed by atoms with Gasteiger partial charge < -0.3 is 0 Å². The van der Waals surface area contributed by atoms with Crippen molar-refractivity contribution >= 4 is 0 Å². The fourth-order valence-electron chi connectivity index (χ4n) is 0.911. The van der Waals surface area contributed by atoms with Gasteiger partial charge >= 0.3 is 0 Å². The standard InChI is InChI=1S/C9H7N3/c10-4-3-8(6-11)9-2-1-5-12-7-9/h1-2,5,7-8H,3H2. The Morgan fingerprint density at radius 2 is 2.33 bits per heavy atom. The Hall–Kier alpha value is -1.87. The van der Waals surface area contributed by atoms with Crippen LogP contribution < -0.4 is 0 Å². The highest BCUT2D eigenvalue weighted by Gasteiger charge is 2.08. The quantitative estimate of drug-likeness (QED) is 0.655. The highest BCUT2D eigenvalue weighted by molar-refractivity contribution is 5.22. The zero-order chi connectivity index (χ0) is 8.81. The topological polar surface area (TPSA) is 60.5 Å². The molecule has 0 saturated heterocycles. The number of rotatable bonds is 2. The highest BCUT2D eigenvalue weighted by atomic mass is 14.6. The van der Waals surface area contributed by atoms with Gasteiger partial charge in [0.1, 0.15) is 0 Å². The Bertz CT molecular complexity index is 318. The van der Waals surface area contributed by atoms with E-state index in [0.29, 0.717) is 0 Å². The van der Waals surface area contributed by atoms with Gasteiger partial charge in [0.15, 0.2) is 0 Å². The molecular weight excluding hydrogens is 150 g/mol. The molecular formula is C9H7N3. The average Bonchev–Trinajstić information content (AvgIpc) is 2.15. The van der Waals surface area contributed by atoms with Crippen molar-refractivity contribution in [3.8, 4) is 12.1 Å². The largest absolute Gasteiger partial charge is 0.264 e. The van der Waals surface area contributed by atoms with Gasteiger partial charge in [-0.15, -0.1) is 0 Å². The molecule has 1 aromatic rings. The molecule has 0 N–H and O–H groups in total. The van der Waals surface area contributed by atoms with E-state index < -0.39 is 0 Å². The Morgan fingerprint density at radius 3 is 2.83 bits per heavy atom. The van der Waals surface area contributed by atoms with Gasteiger partial charge in [-0.25, -0.2) is 0 Å². The average molecular weight is 157 g/mol. The summed E-state index contributed by atoms with van der Waals surface area (Å²) in [5.41, 5.74) is 0.807. The predicted octanol–water partition coefficient (Wildman–Crippen LogP) is 1.60. The van der Waals surface area contributed by atoms with Gasteiger partial charge in [-0.1, -0.05) is 6.07 Å². The second kappa shape index (κ2) is 4.10. The third-order valence-corrected chi connectivity index (χ3v) is 1.54. The fraction of sp³-hybridized carbons (Fsp3) is 0.222. The summed E-state index contributed by atoms with van der Waals surface area (Å²) in [7, 11) is 0. The summed E-state index contributed by atoms with van der Waals surface area (Å²) in [5.74, 6) is -0.344. The number of aromatic nitrogens is 1. The Balaban J connectivity index is 2.84. The first-order valence-electron chi connectivity index (χ1n) is 3.55. The molecule has 58 valence electrons. The van der Waals surface area contributed by atoms with Crippen LogP contribution in [-0.2, 0) is 0 Å². The van der Waals surface area contributed by atoms with Crippen LogP contribution in [0.5, 0.6) is 0 Å². The normalized spacial score (nSPS) is 11.2. The summed E-state index contributed by atoms with van der Waals surface area (Å²) in [4.78, 5) is 3.88. The molecule has 1 atom stereocenters. The second-order valence-electron chi connectivity index (χ2n) is 2.33. The molecule has 1 aromatic heterocycles. The summed E-state index contributed by atoms with van der Waals surface area (Å²) in [6.45, 7) is 0. The zero-order valence-electron chi connectivity index (χ0n) is 6.44. The van der Waals surface area contributed by atoms with Crippen molar-refractivity contribution < 1.29 is 0 Å². The summed E-state index contributed by atoms with van der Waals surface area (Å²) in [5, 5.41) is 17.1. The van der Waals surface area contributed by atoms with Gasteiger partial charge in [0.25, 0.3) is 0 Å². The third kappa shape index (κ3) is 1.81. The van der Waals surface area contributed by atoms with E-state index in [1.807, 2.05) is 6.07 Å². The zero-order valence-corrected chi connectivity index (χ0v) is 6.44. The van der Waals surface area contributed by atoms with Crippen molar-refractivity contribution in [1.82, 2.24) is 4.98 Å². The first-order valence-corrected chi connectivity index (χ1v) is 3.55. The monoisotopic (exact) mass is 157 g/mol. The van der Waals surface area contributed by atoms with Crippen molar-refractivity contribution in [2.45, 2.75) is 12.3 Å². The van der Waals surface area contributed by atoms with Gasteiger partial charge in [-0.2, -0.15) is 10.5 Å². The van der Waals surface area contributed by atoms with E-state index >= 15 is 0 Å². The molecule has 0 saturated carbocycles. The molecule has 3 nitrogen and oxygen atoms in total. The molecule has 0 aliphatic rings. The summed E-state index contributed by atoms with van der Waals surface area (Å²) in [6.07, 6.45) is 3.48. The molecule has 0 amide bonds. The van der Waals surface area contributed by atoms with E-state index in [1.165, 1.54) is 0 Å². The van der Waals surface area contributed by atoms with Crippen molar-refractivity contribution in [2.24, 2.45) is 0 Å². The van der Waals surface area contributed by atoms with Crippen LogP contribution in [-0.4, -0.2) is 4.98 Å². The van der Waals surface area contributed by atoms with Gasteiger partial charge in [-0.05, 0) is 11.6 Å². The summed E-state index contributed by atoms with van der Waals surface area (Å²) >= 11 is 0. The maximum absolute atomic E-state index is 8.68. The minimum absolute atomic E-state index is 0.224. The highest BCUT2D eigenvalue weighted by Crippen LogP contribution is 2.16. The van der Waals surface area contributed by atoms with E-state index in [-0.39, 0.29) is 12.3 Å². The minimum Gasteiger partial charge on any atom is -0.264 e. The van der Waals surface area contributed by atoms with Crippen LogP contribution in [0.1, 0.15) is 17.9 Å². The molecule has 0 bridgehead atoms. The van der Waals surface area contributed by atoms with Crippen LogP contribution in [0.25, 0.3) is 0 Å². The summed E-state index contributed by atoms with van der Waals surface area (Å²) in [6, 6.07) is 7.59.